The number of amides is 1. The summed E-state index contributed by atoms with van der Waals surface area (Å²) in [4.78, 5) is 18.9. The maximum Gasteiger partial charge on any atom is 0.226 e. The third kappa shape index (κ3) is 5.40. The second-order valence-electron chi connectivity index (χ2n) is 8.42. The van der Waals surface area contributed by atoms with Crippen LogP contribution in [0.2, 0.25) is 0 Å². The Morgan fingerprint density at radius 3 is 2.65 bits per heavy atom. The van der Waals surface area contributed by atoms with Gasteiger partial charge in [0.05, 0.1) is 23.0 Å². The van der Waals surface area contributed by atoms with Gasteiger partial charge in [-0.3, -0.25) is 9.78 Å². The minimum absolute atomic E-state index is 0.0521. The Morgan fingerprint density at radius 2 is 1.89 bits per heavy atom. The highest BCUT2D eigenvalue weighted by Gasteiger charge is 2.41. The number of nitrogens with zero attached hydrogens (tertiary/aromatic N) is 2. The van der Waals surface area contributed by atoms with Gasteiger partial charge in [0.25, 0.3) is 0 Å². The van der Waals surface area contributed by atoms with Gasteiger partial charge in [0.2, 0.25) is 5.91 Å². The number of hydrogen-bond donors (Lipinski definition) is 2. The number of carbonyl (C=O) groups is 1. The largest absolute Gasteiger partial charge is 0.459 e. The molecule has 0 radical (unpaired) electrons. The van der Waals surface area contributed by atoms with Crippen molar-refractivity contribution in [2.75, 3.05) is 11.9 Å². The average Bonchev–Trinajstić information content (AvgIpc) is 3.49. The standard InChI is InChI=1S/C27H21BrF2N4O2S/c28-16-8-9-17(19(30)15-16)22-10-11-23(36-22)26-25(21-7-3-4-13-31-21)33-27(37)34(26)14-12-24(35)32-20-6-2-1-5-18(20)29/h1-11,13,15,25-26H,12,14H2,(H,32,35)(H,33,37)/t25-,26+/m0/s1. The van der Waals surface area contributed by atoms with E-state index >= 15 is 0 Å². The number of anilines is 1. The van der Waals surface area contributed by atoms with Gasteiger partial charge in [0.1, 0.15) is 29.2 Å². The predicted molar refractivity (Wildman–Crippen MR) is 144 cm³/mol. The molecule has 1 aliphatic heterocycles. The summed E-state index contributed by atoms with van der Waals surface area (Å²) in [6, 6.07) is 19.0. The Balaban J connectivity index is 1.42. The van der Waals surface area contributed by atoms with Gasteiger partial charge in [-0.2, -0.15) is 0 Å². The molecule has 0 unspecified atom stereocenters. The van der Waals surface area contributed by atoms with Crippen LogP contribution < -0.4 is 10.6 Å². The molecule has 2 N–H and O–H groups in total. The number of carbonyl (C=O) groups excluding carboxylic acids is 1. The molecule has 5 rings (SSSR count). The van der Waals surface area contributed by atoms with E-state index in [1.54, 1.807) is 42.6 Å². The number of nitrogens with one attached hydrogen (secondary N) is 2. The molecule has 0 aliphatic carbocycles. The molecule has 1 saturated heterocycles. The number of furan rings is 1. The Bertz CT molecular complexity index is 1450. The van der Waals surface area contributed by atoms with Crippen LogP contribution in [0.1, 0.15) is 30.0 Å². The van der Waals surface area contributed by atoms with Crippen molar-refractivity contribution in [1.82, 2.24) is 15.2 Å². The van der Waals surface area contributed by atoms with Gasteiger partial charge in [0, 0.05) is 23.6 Å². The Kier molecular flexibility index (Phi) is 7.29. The number of halogens is 3. The lowest BCUT2D eigenvalue weighted by molar-refractivity contribution is -0.116. The smallest absolute Gasteiger partial charge is 0.226 e. The van der Waals surface area contributed by atoms with E-state index in [1.807, 2.05) is 23.1 Å². The van der Waals surface area contributed by atoms with Crippen LogP contribution in [0, 0.1) is 11.6 Å². The number of rotatable bonds is 7. The summed E-state index contributed by atoms with van der Waals surface area (Å²) in [6.07, 6.45) is 1.74. The second-order valence-corrected chi connectivity index (χ2v) is 9.73. The molecule has 4 aromatic rings. The van der Waals surface area contributed by atoms with E-state index in [2.05, 4.69) is 31.5 Å². The number of para-hydroxylation sites is 1. The molecule has 0 spiro atoms. The zero-order valence-electron chi connectivity index (χ0n) is 19.3. The topological polar surface area (TPSA) is 70.4 Å². The number of benzene rings is 2. The number of thiocarbonyl (C=S) groups is 1. The molecule has 188 valence electrons. The second kappa shape index (κ2) is 10.8. The molecule has 3 heterocycles. The first kappa shape index (κ1) is 25.0. The van der Waals surface area contributed by atoms with Crippen molar-refractivity contribution in [3.63, 3.8) is 0 Å². The van der Waals surface area contributed by atoms with Crippen molar-refractivity contribution in [2.24, 2.45) is 0 Å². The lowest BCUT2D eigenvalue weighted by Crippen LogP contribution is -2.32. The first-order valence-corrected chi connectivity index (χ1v) is 12.7. The monoisotopic (exact) mass is 582 g/mol. The molecule has 0 saturated carbocycles. The van der Waals surface area contributed by atoms with Crippen LogP contribution in [-0.2, 0) is 4.79 Å². The molecular weight excluding hydrogens is 562 g/mol. The van der Waals surface area contributed by atoms with Crippen molar-refractivity contribution in [1.29, 1.82) is 0 Å². The fourth-order valence-corrected chi connectivity index (χ4v) is 4.96. The third-order valence-corrected chi connectivity index (χ3v) is 6.89. The van der Waals surface area contributed by atoms with Gasteiger partial charge < -0.3 is 20.0 Å². The fraction of sp³-hybridized carbons (Fsp3) is 0.148. The number of pyridine rings is 1. The maximum absolute atomic E-state index is 14.6. The Hall–Kier alpha value is -3.63. The number of hydrogen-bond acceptors (Lipinski definition) is 4. The molecule has 10 heteroatoms. The SMILES string of the molecule is O=C(CCN1C(=S)N[C@@H](c2ccccn2)[C@H]1c1ccc(-c2ccc(Br)cc2F)o1)Nc1ccccc1F. The van der Waals surface area contributed by atoms with E-state index < -0.39 is 17.7 Å². The fourth-order valence-electron chi connectivity index (χ4n) is 4.30. The summed E-state index contributed by atoms with van der Waals surface area (Å²) >= 11 is 8.89. The van der Waals surface area contributed by atoms with Crippen LogP contribution >= 0.6 is 28.1 Å². The van der Waals surface area contributed by atoms with Gasteiger partial charge >= 0.3 is 0 Å². The minimum Gasteiger partial charge on any atom is -0.459 e. The van der Waals surface area contributed by atoms with E-state index in [0.29, 0.717) is 26.7 Å². The molecule has 0 bridgehead atoms. The van der Waals surface area contributed by atoms with Crippen LogP contribution in [0.25, 0.3) is 11.3 Å². The first-order chi connectivity index (χ1) is 17.9. The van der Waals surface area contributed by atoms with Crippen LogP contribution in [0.4, 0.5) is 14.5 Å². The average molecular weight is 583 g/mol. The molecule has 1 amide bonds. The first-order valence-electron chi connectivity index (χ1n) is 11.5. The van der Waals surface area contributed by atoms with Gasteiger partial charge in [-0.25, -0.2) is 8.78 Å². The van der Waals surface area contributed by atoms with Crippen molar-refractivity contribution in [3.8, 4) is 11.3 Å². The quantitative estimate of drug-likeness (QED) is 0.246. The Morgan fingerprint density at radius 1 is 1.08 bits per heavy atom. The summed E-state index contributed by atoms with van der Waals surface area (Å²) in [5.41, 5.74) is 1.18. The zero-order valence-corrected chi connectivity index (χ0v) is 21.7. The van der Waals surface area contributed by atoms with Crippen molar-refractivity contribution >= 4 is 44.9 Å². The molecular formula is C27H21BrF2N4O2S. The normalized spacial score (nSPS) is 17.1. The molecule has 1 fully saturated rings. The molecule has 6 nitrogen and oxygen atoms in total. The van der Waals surface area contributed by atoms with E-state index in [1.165, 1.54) is 18.2 Å². The molecule has 2 atom stereocenters. The van der Waals surface area contributed by atoms with E-state index in [4.69, 9.17) is 16.6 Å². The third-order valence-electron chi connectivity index (χ3n) is 6.04. The Labute approximate surface area is 225 Å². The van der Waals surface area contributed by atoms with Gasteiger partial charge in [-0.05, 0) is 66.8 Å². The summed E-state index contributed by atoms with van der Waals surface area (Å²) < 4.78 is 35.3. The van der Waals surface area contributed by atoms with E-state index in [9.17, 15) is 13.6 Å². The lowest BCUT2D eigenvalue weighted by atomic mass is 10.0. The molecule has 1 aliphatic rings. The lowest BCUT2D eigenvalue weighted by Gasteiger charge is -2.25. The zero-order chi connectivity index (χ0) is 25.9. The van der Waals surface area contributed by atoms with Gasteiger partial charge in [-0.1, -0.05) is 34.1 Å². The van der Waals surface area contributed by atoms with Gasteiger partial charge in [-0.15, -0.1) is 0 Å². The summed E-state index contributed by atoms with van der Waals surface area (Å²) in [6.45, 7) is 0.239. The van der Waals surface area contributed by atoms with Gasteiger partial charge in [0.15, 0.2) is 5.11 Å². The summed E-state index contributed by atoms with van der Waals surface area (Å²) in [7, 11) is 0. The van der Waals surface area contributed by atoms with Crippen molar-refractivity contribution in [3.05, 3.63) is 107 Å². The number of aromatic nitrogens is 1. The van der Waals surface area contributed by atoms with Crippen molar-refractivity contribution < 1.29 is 18.0 Å². The maximum atomic E-state index is 14.6. The van der Waals surface area contributed by atoms with Crippen LogP contribution in [0.5, 0.6) is 0 Å². The molecule has 37 heavy (non-hydrogen) atoms. The highest BCUT2D eigenvalue weighted by molar-refractivity contribution is 9.10. The van der Waals surface area contributed by atoms with Crippen LogP contribution in [0.15, 0.2) is 87.9 Å². The molecule has 2 aromatic heterocycles. The highest BCUT2D eigenvalue weighted by Crippen LogP contribution is 2.41. The van der Waals surface area contributed by atoms with Crippen molar-refractivity contribution in [2.45, 2.75) is 18.5 Å². The van der Waals surface area contributed by atoms with E-state index in [0.717, 1.165) is 5.69 Å². The highest BCUT2D eigenvalue weighted by atomic mass is 79.9. The minimum atomic E-state index is -0.509. The predicted octanol–water partition coefficient (Wildman–Crippen LogP) is 6.38. The van der Waals surface area contributed by atoms with Crippen LogP contribution in [0.3, 0.4) is 0 Å². The van der Waals surface area contributed by atoms with Crippen LogP contribution in [-0.4, -0.2) is 27.4 Å². The summed E-state index contributed by atoms with van der Waals surface area (Å²) in [5.74, 6) is -0.376. The molecule has 2 aromatic carbocycles. The summed E-state index contributed by atoms with van der Waals surface area (Å²) in [5, 5.41) is 6.30. The van der Waals surface area contributed by atoms with E-state index in [-0.39, 0.29) is 30.6 Å².